The second kappa shape index (κ2) is 7.13. The van der Waals surface area contributed by atoms with Crippen LogP contribution in [0.3, 0.4) is 0 Å². The first-order chi connectivity index (χ1) is 12.0. The molecule has 0 bridgehead atoms. The fourth-order valence-electron chi connectivity index (χ4n) is 2.86. The highest BCUT2D eigenvalue weighted by Gasteiger charge is 2.25. The van der Waals surface area contributed by atoms with Crippen LogP contribution in [-0.2, 0) is 4.79 Å². The minimum absolute atomic E-state index is 0.127. The maximum absolute atomic E-state index is 12.1. The Morgan fingerprint density at radius 1 is 1.32 bits per heavy atom. The summed E-state index contributed by atoms with van der Waals surface area (Å²) in [5, 5.41) is 7.35. The summed E-state index contributed by atoms with van der Waals surface area (Å²) in [6, 6.07) is 5.57. The number of carbonyl (C=O) groups excluding carboxylic acids is 1. The molecule has 0 spiro atoms. The first-order valence-electron chi connectivity index (χ1n) is 8.58. The smallest absolute Gasteiger partial charge is 0.248 e. The van der Waals surface area contributed by atoms with Crippen LogP contribution < -0.4 is 15.0 Å². The summed E-state index contributed by atoms with van der Waals surface area (Å²) in [7, 11) is 1.61. The van der Waals surface area contributed by atoms with Crippen molar-refractivity contribution in [2.45, 2.75) is 45.6 Å². The Morgan fingerprint density at radius 2 is 2.12 bits per heavy atom. The van der Waals surface area contributed by atoms with Gasteiger partial charge in [-0.25, -0.2) is 0 Å². The Morgan fingerprint density at radius 3 is 2.72 bits per heavy atom. The average molecular weight is 344 g/mol. The molecule has 1 amide bonds. The molecule has 1 fully saturated rings. The minimum Gasteiger partial charge on any atom is -0.495 e. The normalized spacial score (nSPS) is 15.7. The lowest BCUT2D eigenvalue weighted by atomic mass is 10.2. The van der Waals surface area contributed by atoms with Gasteiger partial charge in [0.1, 0.15) is 11.8 Å². The van der Waals surface area contributed by atoms with E-state index in [-0.39, 0.29) is 17.9 Å². The van der Waals surface area contributed by atoms with Gasteiger partial charge >= 0.3 is 0 Å². The molecule has 1 unspecified atom stereocenters. The molecule has 1 aliphatic rings. The van der Waals surface area contributed by atoms with Crippen molar-refractivity contribution in [3.8, 4) is 5.75 Å². The topological polar surface area (TPSA) is 80.5 Å². The number of hydrogen-bond donors (Lipinski definition) is 1. The second-order valence-electron chi connectivity index (χ2n) is 6.55. The van der Waals surface area contributed by atoms with Gasteiger partial charge in [0.25, 0.3) is 0 Å². The number of aromatic nitrogens is 2. The monoisotopic (exact) mass is 344 g/mol. The number of anilines is 2. The number of nitrogens with one attached hydrogen (secondary N) is 1. The van der Waals surface area contributed by atoms with Crippen molar-refractivity contribution in [1.29, 1.82) is 0 Å². The van der Waals surface area contributed by atoms with E-state index in [0.717, 1.165) is 24.3 Å². The highest BCUT2D eigenvalue weighted by atomic mass is 16.5. The van der Waals surface area contributed by atoms with Gasteiger partial charge in [0, 0.05) is 24.6 Å². The highest BCUT2D eigenvalue weighted by molar-refractivity contribution is 5.97. The van der Waals surface area contributed by atoms with Crippen LogP contribution in [0.25, 0.3) is 0 Å². The molecular formula is C18H24N4O3. The zero-order chi connectivity index (χ0) is 18.0. The molecule has 1 saturated heterocycles. The number of benzene rings is 1. The Kier molecular flexibility index (Phi) is 4.92. The average Bonchev–Trinajstić information content (AvgIpc) is 3.24. The van der Waals surface area contributed by atoms with E-state index < -0.39 is 0 Å². The molecule has 7 heteroatoms. The Labute approximate surface area is 147 Å². The standard InChI is InChI=1S/C18H24N4O3/c1-11(2)17-20-18(25-21-17)12(3)19-13-7-8-15(24-4)14(10-13)22-9-5-6-16(22)23/h7-8,10-12,19H,5-6,9H2,1-4H3. The van der Waals surface area contributed by atoms with Gasteiger partial charge in [0.15, 0.2) is 5.82 Å². The van der Waals surface area contributed by atoms with Gasteiger partial charge < -0.3 is 19.5 Å². The summed E-state index contributed by atoms with van der Waals surface area (Å²) in [6.45, 7) is 6.73. The predicted molar refractivity (Wildman–Crippen MR) is 95.0 cm³/mol. The van der Waals surface area contributed by atoms with Gasteiger partial charge in [-0.2, -0.15) is 4.98 Å². The van der Waals surface area contributed by atoms with Crippen LogP contribution in [0.15, 0.2) is 22.7 Å². The summed E-state index contributed by atoms with van der Waals surface area (Å²) in [5.41, 5.74) is 1.66. The summed E-state index contributed by atoms with van der Waals surface area (Å²) in [6.07, 6.45) is 1.45. The van der Waals surface area contributed by atoms with Crippen LogP contribution in [0.4, 0.5) is 11.4 Å². The van der Waals surface area contributed by atoms with Gasteiger partial charge in [-0.1, -0.05) is 19.0 Å². The molecule has 7 nitrogen and oxygen atoms in total. The molecule has 0 aliphatic carbocycles. The third kappa shape index (κ3) is 3.60. The zero-order valence-electron chi connectivity index (χ0n) is 15.1. The maximum Gasteiger partial charge on any atom is 0.248 e. The lowest BCUT2D eigenvalue weighted by Gasteiger charge is -2.21. The van der Waals surface area contributed by atoms with Crippen LogP contribution in [0.5, 0.6) is 5.75 Å². The third-order valence-corrected chi connectivity index (χ3v) is 4.27. The van der Waals surface area contributed by atoms with E-state index in [2.05, 4.69) is 15.5 Å². The molecule has 1 aromatic heterocycles. The van der Waals surface area contributed by atoms with E-state index in [1.54, 1.807) is 12.0 Å². The highest BCUT2D eigenvalue weighted by Crippen LogP contribution is 2.35. The van der Waals surface area contributed by atoms with Crippen LogP contribution >= 0.6 is 0 Å². The van der Waals surface area contributed by atoms with E-state index in [1.165, 1.54) is 0 Å². The van der Waals surface area contributed by atoms with E-state index >= 15 is 0 Å². The lowest BCUT2D eigenvalue weighted by Crippen LogP contribution is -2.24. The number of ether oxygens (including phenoxy) is 1. The van der Waals surface area contributed by atoms with Crippen molar-refractivity contribution in [1.82, 2.24) is 10.1 Å². The van der Waals surface area contributed by atoms with Crippen LogP contribution in [-0.4, -0.2) is 29.7 Å². The van der Waals surface area contributed by atoms with Gasteiger partial charge in [0.2, 0.25) is 11.8 Å². The van der Waals surface area contributed by atoms with Gasteiger partial charge in [0.05, 0.1) is 12.8 Å². The van der Waals surface area contributed by atoms with Crippen LogP contribution in [0, 0.1) is 0 Å². The molecule has 1 aromatic carbocycles. The largest absolute Gasteiger partial charge is 0.495 e. The molecule has 3 rings (SSSR count). The molecular weight excluding hydrogens is 320 g/mol. The molecule has 134 valence electrons. The molecule has 0 radical (unpaired) electrons. The molecule has 2 aromatic rings. The Balaban J connectivity index is 1.81. The van der Waals surface area contributed by atoms with E-state index in [4.69, 9.17) is 9.26 Å². The summed E-state index contributed by atoms with van der Waals surface area (Å²) in [5.74, 6) is 2.27. The van der Waals surface area contributed by atoms with Gasteiger partial charge in [-0.05, 0) is 31.5 Å². The van der Waals surface area contributed by atoms with Crippen molar-refractivity contribution in [3.05, 3.63) is 29.9 Å². The molecule has 2 heterocycles. The van der Waals surface area contributed by atoms with E-state index in [1.807, 2.05) is 39.0 Å². The summed E-state index contributed by atoms with van der Waals surface area (Å²) < 4.78 is 10.8. The molecule has 25 heavy (non-hydrogen) atoms. The van der Waals surface area contributed by atoms with Crippen molar-refractivity contribution >= 4 is 17.3 Å². The van der Waals surface area contributed by atoms with Crippen molar-refractivity contribution in [2.75, 3.05) is 23.9 Å². The van der Waals surface area contributed by atoms with Gasteiger partial charge in [-0.3, -0.25) is 4.79 Å². The van der Waals surface area contributed by atoms with Crippen molar-refractivity contribution in [2.24, 2.45) is 0 Å². The van der Waals surface area contributed by atoms with Crippen molar-refractivity contribution in [3.63, 3.8) is 0 Å². The number of methoxy groups -OCH3 is 1. The summed E-state index contributed by atoms with van der Waals surface area (Å²) >= 11 is 0. The Hall–Kier alpha value is -2.57. The maximum atomic E-state index is 12.1. The lowest BCUT2D eigenvalue weighted by molar-refractivity contribution is -0.117. The SMILES string of the molecule is COc1ccc(NC(C)c2nc(C(C)C)no2)cc1N1CCCC1=O. The van der Waals surface area contributed by atoms with E-state index in [0.29, 0.717) is 23.9 Å². The predicted octanol–water partition coefficient (Wildman–Crippen LogP) is 3.50. The van der Waals surface area contributed by atoms with E-state index in [9.17, 15) is 4.79 Å². The minimum atomic E-state index is -0.143. The quantitative estimate of drug-likeness (QED) is 0.864. The molecule has 1 N–H and O–H groups in total. The molecule has 0 saturated carbocycles. The third-order valence-electron chi connectivity index (χ3n) is 4.27. The molecule has 1 aliphatic heterocycles. The number of nitrogens with zero attached hydrogens (tertiary/aromatic N) is 3. The number of amides is 1. The number of hydrogen-bond acceptors (Lipinski definition) is 6. The molecule has 1 atom stereocenters. The fraction of sp³-hybridized carbons (Fsp3) is 0.500. The first-order valence-corrected chi connectivity index (χ1v) is 8.58. The van der Waals surface area contributed by atoms with Crippen molar-refractivity contribution < 1.29 is 14.1 Å². The summed E-state index contributed by atoms with van der Waals surface area (Å²) in [4.78, 5) is 18.3. The second-order valence-corrected chi connectivity index (χ2v) is 6.55. The van der Waals surface area contributed by atoms with Crippen LogP contribution in [0.2, 0.25) is 0 Å². The fourth-order valence-corrected chi connectivity index (χ4v) is 2.86. The first kappa shape index (κ1) is 17.3. The number of carbonyl (C=O) groups is 1. The number of rotatable bonds is 6. The Bertz CT molecular complexity index is 757. The van der Waals surface area contributed by atoms with Gasteiger partial charge in [-0.15, -0.1) is 0 Å². The zero-order valence-corrected chi connectivity index (χ0v) is 15.1. The van der Waals surface area contributed by atoms with Crippen LogP contribution in [0.1, 0.15) is 57.3 Å².